The molecule has 112 valence electrons. The number of amides is 1. The summed E-state index contributed by atoms with van der Waals surface area (Å²) in [6.07, 6.45) is 0.488. The van der Waals surface area contributed by atoms with E-state index >= 15 is 0 Å². The number of aliphatic hydroxyl groups is 1. The van der Waals surface area contributed by atoms with Crippen molar-refractivity contribution in [2.75, 3.05) is 32.8 Å². The molecule has 0 aliphatic carbocycles. The van der Waals surface area contributed by atoms with E-state index in [-0.39, 0.29) is 11.6 Å². The predicted octanol–water partition coefficient (Wildman–Crippen LogP) is 1.70. The van der Waals surface area contributed by atoms with Gasteiger partial charge in [-0.1, -0.05) is 0 Å². The summed E-state index contributed by atoms with van der Waals surface area (Å²) >= 11 is 0. The van der Waals surface area contributed by atoms with Crippen LogP contribution in [0.1, 0.15) is 41.0 Å². The maximum absolute atomic E-state index is 11.6. The maximum atomic E-state index is 11.6. The van der Waals surface area contributed by atoms with E-state index in [9.17, 15) is 9.90 Å². The highest BCUT2D eigenvalue weighted by Gasteiger charge is 2.35. The van der Waals surface area contributed by atoms with Crippen molar-refractivity contribution in [1.29, 1.82) is 0 Å². The predicted molar refractivity (Wildman–Crippen MR) is 75.2 cm³/mol. The number of piperazine rings is 1. The number of carbonyl (C=O) groups excluding carboxylic acids is 1. The van der Waals surface area contributed by atoms with Gasteiger partial charge < -0.3 is 14.7 Å². The van der Waals surface area contributed by atoms with Crippen molar-refractivity contribution in [2.24, 2.45) is 0 Å². The van der Waals surface area contributed by atoms with Crippen molar-refractivity contribution < 1.29 is 14.6 Å². The van der Waals surface area contributed by atoms with Gasteiger partial charge in [0.25, 0.3) is 0 Å². The highest BCUT2D eigenvalue weighted by molar-refractivity contribution is 5.67. The van der Waals surface area contributed by atoms with Gasteiger partial charge >= 0.3 is 6.09 Å². The Kier molecular flexibility index (Phi) is 5.21. The molecule has 1 amide bonds. The molecule has 1 rings (SSSR count). The van der Waals surface area contributed by atoms with Crippen LogP contribution in [0.15, 0.2) is 0 Å². The summed E-state index contributed by atoms with van der Waals surface area (Å²) in [5.74, 6) is 0. The quantitative estimate of drug-likeness (QED) is 0.846. The third-order valence-corrected chi connectivity index (χ3v) is 3.53. The van der Waals surface area contributed by atoms with E-state index in [4.69, 9.17) is 4.74 Å². The second-order valence-corrected chi connectivity index (χ2v) is 6.47. The van der Waals surface area contributed by atoms with E-state index in [2.05, 4.69) is 18.7 Å². The molecule has 1 heterocycles. The molecule has 0 aromatic carbocycles. The lowest BCUT2D eigenvalue weighted by atomic mass is 9.87. The highest BCUT2D eigenvalue weighted by Crippen LogP contribution is 2.26. The van der Waals surface area contributed by atoms with Gasteiger partial charge in [0.05, 0.1) is 12.2 Å². The lowest BCUT2D eigenvalue weighted by molar-refractivity contribution is -0.0173. The lowest BCUT2D eigenvalue weighted by Gasteiger charge is -2.45. The van der Waals surface area contributed by atoms with Crippen LogP contribution in [0.25, 0.3) is 0 Å². The molecule has 0 spiro atoms. The number of hydrogen-bond acceptors (Lipinski definition) is 4. The molecule has 5 nitrogen and oxygen atoms in total. The van der Waals surface area contributed by atoms with Crippen LogP contribution in [0, 0.1) is 0 Å². The Morgan fingerprint density at radius 3 is 2.11 bits per heavy atom. The average molecular weight is 272 g/mol. The van der Waals surface area contributed by atoms with E-state index in [0.29, 0.717) is 26.1 Å². The molecule has 1 fully saturated rings. The lowest BCUT2D eigenvalue weighted by Crippen LogP contribution is -2.57. The number of nitrogens with zero attached hydrogens (tertiary/aromatic N) is 2. The van der Waals surface area contributed by atoms with Gasteiger partial charge in [-0.25, -0.2) is 4.79 Å². The summed E-state index contributed by atoms with van der Waals surface area (Å²) in [7, 11) is 0. The third kappa shape index (κ3) is 4.99. The molecule has 0 aromatic rings. The zero-order valence-electron chi connectivity index (χ0n) is 12.9. The van der Waals surface area contributed by atoms with E-state index in [1.54, 1.807) is 4.90 Å². The zero-order chi connectivity index (χ0) is 14.7. The van der Waals surface area contributed by atoms with Gasteiger partial charge in [0, 0.05) is 31.7 Å². The molecular weight excluding hydrogens is 244 g/mol. The van der Waals surface area contributed by atoms with Crippen LogP contribution in [0.4, 0.5) is 4.79 Å². The second-order valence-electron chi connectivity index (χ2n) is 6.47. The smallest absolute Gasteiger partial charge is 0.409 e. The van der Waals surface area contributed by atoms with Crippen molar-refractivity contribution >= 4 is 6.09 Å². The van der Waals surface area contributed by atoms with Gasteiger partial charge in [-0.2, -0.15) is 0 Å². The van der Waals surface area contributed by atoms with Crippen LogP contribution in [0.5, 0.6) is 0 Å². The summed E-state index contributed by atoms with van der Waals surface area (Å²) in [6.45, 7) is 13.2. The molecule has 0 atom stereocenters. The molecule has 5 heteroatoms. The van der Waals surface area contributed by atoms with Crippen molar-refractivity contribution in [1.82, 2.24) is 9.80 Å². The number of hydrogen-bond donors (Lipinski definition) is 1. The largest absolute Gasteiger partial charge is 0.450 e. The molecule has 0 unspecified atom stereocenters. The summed E-state index contributed by atoms with van der Waals surface area (Å²) in [5, 5.41) is 9.98. The van der Waals surface area contributed by atoms with Gasteiger partial charge in [-0.05, 0) is 41.0 Å². The summed E-state index contributed by atoms with van der Waals surface area (Å²) in [6, 6.07) is 0. The van der Waals surface area contributed by atoms with Crippen molar-refractivity contribution in [2.45, 2.75) is 52.2 Å². The highest BCUT2D eigenvalue weighted by atomic mass is 16.6. The van der Waals surface area contributed by atoms with Crippen LogP contribution < -0.4 is 0 Å². The monoisotopic (exact) mass is 272 g/mol. The molecule has 0 radical (unpaired) electrons. The van der Waals surface area contributed by atoms with Crippen LogP contribution in [0.3, 0.4) is 0 Å². The van der Waals surface area contributed by atoms with E-state index in [1.807, 2.05) is 20.8 Å². The fraction of sp³-hybridized carbons (Fsp3) is 0.929. The third-order valence-electron chi connectivity index (χ3n) is 3.53. The van der Waals surface area contributed by atoms with Crippen LogP contribution in [-0.4, -0.2) is 64.9 Å². The first-order valence-electron chi connectivity index (χ1n) is 7.05. The van der Waals surface area contributed by atoms with E-state index < -0.39 is 5.60 Å². The fourth-order valence-electron chi connectivity index (χ4n) is 2.88. The minimum absolute atomic E-state index is 0.0704. The minimum atomic E-state index is -0.679. The average Bonchev–Trinajstić information content (AvgIpc) is 2.26. The molecule has 0 bridgehead atoms. The van der Waals surface area contributed by atoms with Crippen molar-refractivity contribution in [3.63, 3.8) is 0 Å². The molecule has 1 N–H and O–H groups in total. The zero-order valence-corrected chi connectivity index (χ0v) is 12.9. The first kappa shape index (κ1) is 16.2. The molecule has 1 aliphatic heterocycles. The molecule has 1 saturated heterocycles. The Morgan fingerprint density at radius 1 is 1.16 bits per heavy atom. The second kappa shape index (κ2) is 6.09. The topological polar surface area (TPSA) is 53.0 Å². The Hall–Kier alpha value is -0.810. The minimum Gasteiger partial charge on any atom is -0.450 e. The van der Waals surface area contributed by atoms with E-state index in [0.717, 1.165) is 13.1 Å². The van der Waals surface area contributed by atoms with Crippen LogP contribution in [-0.2, 0) is 4.74 Å². The van der Waals surface area contributed by atoms with Gasteiger partial charge in [0.2, 0.25) is 0 Å². The standard InChI is InChI=1S/C14H28N2O3/c1-6-19-12(17)15-7-9-16(10-8-15)13(2,3)11-14(4,5)18/h18H,6-11H2,1-5H3. The van der Waals surface area contributed by atoms with E-state index in [1.165, 1.54) is 0 Å². The summed E-state index contributed by atoms with van der Waals surface area (Å²) in [5.41, 5.74) is -0.749. The van der Waals surface area contributed by atoms with Gasteiger partial charge in [-0.3, -0.25) is 4.90 Å². The Labute approximate surface area is 116 Å². The Morgan fingerprint density at radius 2 is 1.68 bits per heavy atom. The number of carbonyl (C=O) groups is 1. The first-order chi connectivity index (χ1) is 8.65. The summed E-state index contributed by atoms with van der Waals surface area (Å²) in [4.78, 5) is 15.7. The maximum Gasteiger partial charge on any atom is 0.409 e. The number of rotatable bonds is 4. The van der Waals surface area contributed by atoms with Crippen LogP contribution in [0.2, 0.25) is 0 Å². The molecule has 19 heavy (non-hydrogen) atoms. The molecule has 1 aliphatic rings. The Balaban J connectivity index is 2.51. The first-order valence-corrected chi connectivity index (χ1v) is 7.05. The molecular formula is C14H28N2O3. The van der Waals surface area contributed by atoms with Crippen molar-refractivity contribution in [3.8, 4) is 0 Å². The van der Waals surface area contributed by atoms with Crippen molar-refractivity contribution in [3.05, 3.63) is 0 Å². The van der Waals surface area contributed by atoms with Gasteiger partial charge in [0.15, 0.2) is 0 Å². The van der Waals surface area contributed by atoms with Gasteiger partial charge in [0.1, 0.15) is 0 Å². The molecule has 0 saturated carbocycles. The Bertz CT molecular complexity index is 302. The van der Waals surface area contributed by atoms with Gasteiger partial charge in [-0.15, -0.1) is 0 Å². The SMILES string of the molecule is CCOC(=O)N1CCN(C(C)(C)CC(C)(C)O)CC1. The normalized spacial score (nSPS) is 18.5. The van der Waals surface area contributed by atoms with Crippen LogP contribution >= 0.6 is 0 Å². The summed E-state index contributed by atoms with van der Waals surface area (Å²) < 4.78 is 5.01. The molecule has 0 aromatic heterocycles. The fourth-order valence-corrected chi connectivity index (χ4v) is 2.88. The number of ether oxygens (including phenoxy) is 1.